The van der Waals surface area contributed by atoms with Crippen LogP contribution < -0.4 is 0 Å². The standard InChI is InChI=1S/C9H18OS5/c11-4-1-7-10-8(2-5-12)15-9(14-7)3-6-13/h7-9,11-13H,1-6H2. The van der Waals surface area contributed by atoms with Crippen molar-refractivity contribution in [2.75, 3.05) is 17.3 Å². The Morgan fingerprint density at radius 1 is 0.800 bits per heavy atom. The van der Waals surface area contributed by atoms with Gasteiger partial charge in [-0.1, -0.05) is 0 Å². The minimum absolute atomic E-state index is 0.318. The molecule has 0 aromatic carbocycles. The predicted molar refractivity (Wildman–Crippen MR) is 83.0 cm³/mol. The highest BCUT2D eigenvalue weighted by molar-refractivity contribution is 8.17. The first-order chi connectivity index (χ1) is 7.30. The first kappa shape index (κ1) is 14.8. The lowest BCUT2D eigenvalue weighted by Crippen LogP contribution is -2.27. The predicted octanol–water partition coefficient (Wildman–Crippen LogP) is 3.42. The number of rotatable bonds is 6. The van der Waals surface area contributed by atoms with Crippen molar-refractivity contribution in [3.05, 3.63) is 0 Å². The van der Waals surface area contributed by atoms with Gasteiger partial charge in [-0.25, -0.2) is 0 Å². The van der Waals surface area contributed by atoms with Crippen LogP contribution in [-0.4, -0.2) is 32.7 Å². The van der Waals surface area contributed by atoms with Crippen LogP contribution in [0.15, 0.2) is 0 Å². The van der Waals surface area contributed by atoms with E-state index in [2.05, 4.69) is 37.9 Å². The van der Waals surface area contributed by atoms with E-state index in [4.69, 9.17) is 4.74 Å². The Kier molecular flexibility index (Phi) is 8.62. The van der Waals surface area contributed by atoms with Crippen LogP contribution >= 0.6 is 61.4 Å². The fourth-order valence-corrected chi connectivity index (χ4v) is 5.91. The summed E-state index contributed by atoms with van der Waals surface area (Å²) in [5.41, 5.74) is 0.636. The molecule has 15 heavy (non-hydrogen) atoms. The Balaban J connectivity index is 2.40. The molecule has 0 saturated carbocycles. The third kappa shape index (κ3) is 5.73. The van der Waals surface area contributed by atoms with Crippen LogP contribution in [0.2, 0.25) is 0 Å². The first-order valence-electron chi connectivity index (χ1n) is 5.09. The third-order valence-corrected chi connectivity index (χ3v) is 5.83. The molecule has 1 aliphatic rings. The van der Waals surface area contributed by atoms with Crippen LogP contribution in [0.5, 0.6) is 0 Å². The number of ether oxygens (including phenoxy) is 1. The maximum atomic E-state index is 5.95. The molecule has 0 aromatic heterocycles. The van der Waals surface area contributed by atoms with Gasteiger partial charge in [-0.3, -0.25) is 0 Å². The van der Waals surface area contributed by atoms with Gasteiger partial charge < -0.3 is 4.74 Å². The summed E-state index contributed by atoms with van der Waals surface area (Å²) < 4.78 is 6.58. The molecule has 0 bridgehead atoms. The van der Waals surface area contributed by atoms with Crippen LogP contribution in [0, 0.1) is 0 Å². The Labute approximate surface area is 117 Å². The van der Waals surface area contributed by atoms with Gasteiger partial charge in [0.15, 0.2) is 0 Å². The van der Waals surface area contributed by atoms with Gasteiger partial charge in [0.1, 0.15) is 10.9 Å². The van der Waals surface area contributed by atoms with Crippen LogP contribution in [0.1, 0.15) is 19.3 Å². The highest BCUT2D eigenvalue weighted by Gasteiger charge is 2.29. The maximum absolute atomic E-state index is 5.95. The van der Waals surface area contributed by atoms with Crippen molar-refractivity contribution in [3.63, 3.8) is 0 Å². The zero-order valence-electron chi connectivity index (χ0n) is 8.54. The second-order valence-corrected chi connectivity index (χ2v) is 7.61. The molecule has 2 atom stereocenters. The molecule has 0 N–H and O–H groups in total. The van der Waals surface area contributed by atoms with Crippen LogP contribution in [0.3, 0.4) is 0 Å². The van der Waals surface area contributed by atoms with Crippen molar-refractivity contribution in [2.24, 2.45) is 0 Å². The first-order valence-corrected chi connectivity index (χ1v) is 8.87. The summed E-state index contributed by atoms with van der Waals surface area (Å²) in [6.07, 6.45) is 3.20. The molecule has 0 aromatic rings. The van der Waals surface area contributed by atoms with Gasteiger partial charge in [0, 0.05) is 0 Å². The van der Waals surface area contributed by atoms with Crippen LogP contribution in [0.25, 0.3) is 0 Å². The summed E-state index contributed by atoms with van der Waals surface area (Å²) >= 11 is 16.7. The van der Waals surface area contributed by atoms with Crippen molar-refractivity contribution >= 4 is 61.4 Å². The fourth-order valence-electron chi connectivity index (χ4n) is 1.33. The number of hydrogen-bond donors (Lipinski definition) is 3. The number of thiol groups is 3. The lowest BCUT2D eigenvalue weighted by molar-refractivity contribution is 0.0857. The molecule has 0 aliphatic carbocycles. The van der Waals surface area contributed by atoms with Gasteiger partial charge >= 0.3 is 0 Å². The molecule has 90 valence electrons. The summed E-state index contributed by atoms with van der Waals surface area (Å²) in [7, 11) is 0. The van der Waals surface area contributed by atoms with E-state index in [0.29, 0.717) is 15.5 Å². The van der Waals surface area contributed by atoms with Crippen molar-refractivity contribution in [1.82, 2.24) is 0 Å². The largest absolute Gasteiger partial charge is 0.354 e. The smallest absolute Gasteiger partial charge is 0.106 e. The lowest BCUT2D eigenvalue weighted by Gasteiger charge is -2.34. The van der Waals surface area contributed by atoms with Crippen LogP contribution in [-0.2, 0) is 4.74 Å². The Morgan fingerprint density at radius 2 is 1.27 bits per heavy atom. The van der Waals surface area contributed by atoms with Gasteiger partial charge in [0.25, 0.3) is 0 Å². The summed E-state index contributed by atoms with van der Waals surface area (Å²) in [6, 6.07) is 0. The van der Waals surface area contributed by atoms with E-state index in [1.54, 1.807) is 0 Å². The summed E-state index contributed by atoms with van der Waals surface area (Å²) in [5, 5.41) is 0. The molecule has 2 unspecified atom stereocenters. The SMILES string of the molecule is SCCC1OC(CCS)SC(CCS)S1. The molecule has 1 aliphatic heterocycles. The number of thioether (sulfide) groups is 2. The second kappa shape index (κ2) is 8.75. The molecule has 1 fully saturated rings. The topological polar surface area (TPSA) is 9.23 Å². The number of hydrogen-bond acceptors (Lipinski definition) is 6. The monoisotopic (exact) mass is 302 g/mol. The van der Waals surface area contributed by atoms with E-state index in [-0.39, 0.29) is 0 Å². The minimum atomic E-state index is 0.318. The van der Waals surface area contributed by atoms with Gasteiger partial charge in [-0.2, -0.15) is 37.9 Å². The average Bonchev–Trinajstić information content (AvgIpc) is 2.19. The summed E-state index contributed by atoms with van der Waals surface area (Å²) in [4.78, 5) is 0. The van der Waals surface area contributed by atoms with Crippen molar-refractivity contribution < 1.29 is 4.74 Å². The molecule has 0 amide bonds. The second-order valence-electron chi connectivity index (χ2n) is 3.23. The Morgan fingerprint density at radius 3 is 1.67 bits per heavy atom. The van der Waals surface area contributed by atoms with Crippen molar-refractivity contribution in [2.45, 2.75) is 34.7 Å². The van der Waals surface area contributed by atoms with Gasteiger partial charge in [-0.05, 0) is 36.5 Å². The van der Waals surface area contributed by atoms with E-state index in [1.165, 1.54) is 0 Å². The maximum Gasteiger partial charge on any atom is 0.106 e. The summed E-state index contributed by atoms with van der Waals surface area (Å²) in [5.74, 6) is 2.74. The average molecular weight is 303 g/mol. The highest BCUT2D eigenvalue weighted by atomic mass is 32.2. The van der Waals surface area contributed by atoms with E-state index in [0.717, 1.165) is 36.5 Å². The van der Waals surface area contributed by atoms with E-state index in [1.807, 2.05) is 23.5 Å². The normalized spacial score (nSPS) is 31.8. The van der Waals surface area contributed by atoms with Crippen molar-refractivity contribution in [1.29, 1.82) is 0 Å². The van der Waals surface area contributed by atoms with Gasteiger partial charge in [0.2, 0.25) is 0 Å². The minimum Gasteiger partial charge on any atom is -0.354 e. The zero-order valence-corrected chi connectivity index (χ0v) is 12.9. The van der Waals surface area contributed by atoms with Gasteiger partial charge in [0.05, 0.1) is 4.58 Å². The molecule has 1 saturated heterocycles. The Hall–Kier alpha value is 1.71. The van der Waals surface area contributed by atoms with Crippen LogP contribution in [0.4, 0.5) is 0 Å². The van der Waals surface area contributed by atoms with E-state index in [9.17, 15) is 0 Å². The van der Waals surface area contributed by atoms with E-state index < -0.39 is 0 Å². The molecule has 1 rings (SSSR count). The van der Waals surface area contributed by atoms with Gasteiger partial charge in [-0.15, -0.1) is 23.5 Å². The highest BCUT2D eigenvalue weighted by Crippen LogP contribution is 2.42. The molecule has 1 nitrogen and oxygen atoms in total. The zero-order chi connectivity index (χ0) is 11.1. The quantitative estimate of drug-likeness (QED) is 0.649. The molecule has 0 spiro atoms. The molecular weight excluding hydrogens is 284 g/mol. The third-order valence-electron chi connectivity index (χ3n) is 2.01. The van der Waals surface area contributed by atoms with E-state index >= 15 is 0 Å². The molecular formula is C9H18OS5. The van der Waals surface area contributed by atoms with Crippen molar-refractivity contribution in [3.8, 4) is 0 Å². The molecule has 1 heterocycles. The molecule has 0 radical (unpaired) electrons. The summed E-state index contributed by atoms with van der Waals surface area (Å²) in [6.45, 7) is 0. The fraction of sp³-hybridized carbons (Fsp3) is 1.00. The molecule has 6 heteroatoms. The Bertz CT molecular complexity index is 134. The lowest BCUT2D eigenvalue weighted by atomic mass is 10.5.